The van der Waals surface area contributed by atoms with E-state index in [0.717, 1.165) is 4.90 Å². The Hall–Kier alpha value is -3.56. The molecule has 6 nitrogen and oxygen atoms in total. The molecule has 2 N–H and O–H groups in total. The molecule has 2 aromatic carbocycles. The number of nitrogens with two attached hydrogens (primary N) is 1. The molecular weight excluding hydrogens is 376 g/mol. The Morgan fingerprint density at radius 1 is 1.04 bits per heavy atom. The average Bonchev–Trinajstić information content (AvgIpc) is 2.93. The molecule has 0 saturated heterocycles. The van der Waals surface area contributed by atoms with E-state index in [0.29, 0.717) is 16.3 Å². The molecule has 4 rings (SSSR count). The molecular formula is C21H15ClN4O2. The van der Waals surface area contributed by atoms with Gasteiger partial charge in [-0.05, 0) is 29.8 Å². The normalized spacial score (nSPS) is 19.2. The number of nitriles is 1. The van der Waals surface area contributed by atoms with Gasteiger partial charge in [-0.15, -0.1) is 0 Å². The summed E-state index contributed by atoms with van der Waals surface area (Å²) in [4.78, 5) is 28.4. The molecule has 2 aromatic rings. The third kappa shape index (κ3) is 2.48. The van der Waals surface area contributed by atoms with Crippen LogP contribution in [0.4, 0.5) is 5.69 Å². The summed E-state index contributed by atoms with van der Waals surface area (Å²) in [5.74, 6) is -1.51. The standard InChI is InChI=1S/C21H15ClN4O2/c1-25-20(27)17-16(12-7-9-13(22)10-8-12)15(11-23)19(24)26(18(17)21(25)28)14-5-3-2-4-6-14/h2-10,16H,24H2,1H3. The molecule has 1 atom stereocenters. The number of rotatable bonds is 2. The number of carbonyl (C=O) groups is 2. The first-order chi connectivity index (χ1) is 13.5. The molecule has 138 valence electrons. The Kier molecular flexibility index (Phi) is 4.17. The van der Waals surface area contributed by atoms with Gasteiger partial charge >= 0.3 is 0 Å². The second-order valence-electron chi connectivity index (χ2n) is 6.50. The summed E-state index contributed by atoms with van der Waals surface area (Å²) in [6.07, 6.45) is 0. The minimum Gasteiger partial charge on any atom is -0.384 e. The van der Waals surface area contributed by atoms with Gasteiger partial charge < -0.3 is 5.73 Å². The first-order valence-corrected chi connectivity index (χ1v) is 8.90. The summed E-state index contributed by atoms with van der Waals surface area (Å²) in [5.41, 5.74) is 8.27. The number of para-hydroxylation sites is 1. The van der Waals surface area contributed by atoms with E-state index in [9.17, 15) is 14.9 Å². The summed E-state index contributed by atoms with van der Waals surface area (Å²) >= 11 is 5.99. The average molecular weight is 391 g/mol. The van der Waals surface area contributed by atoms with Crippen LogP contribution < -0.4 is 10.6 Å². The fourth-order valence-corrected chi connectivity index (χ4v) is 3.74. The number of benzene rings is 2. The number of imide groups is 1. The van der Waals surface area contributed by atoms with Gasteiger partial charge in [-0.1, -0.05) is 41.9 Å². The van der Waals surface area contributed by atoms with Gasteiger partial charge in [0.15, 0.2) is 0 Å². The maximum atomic E-state index is 13.0. The van der Waals surface area contributed by atoms with Gasteiger partial charge in [0.05, 0.1) is 23.1 Å². The van der Waals surface area contributed by atoms with Gasteiger partial charge in [0.25, 0.3) is 11.8 Å². The summed E-state index contributed by atoms with van der Waals surface area (Å²) in [6, 6.07) is 17.9. The van der Waals surface area contributed by atoms with E-state index in [1.165, 1.54) is 11.9 Å². The number of carbonyl (C=O) groups excluding carboxylic acids is 2. The summed E-state index contributed by atoms with van der Waals surface area (Å²) in [5, 5.41) is 10.4. The highest BCUT2D eigenvalue weighted by Gasteiger charge is 2.48. The largest absolute Gasteiger partial charge is 0.384 e. The van der Waals surface area contributed by atoms with Gasteiger partial charge in [0, 0.05) is 17.8 Å². The lowest BCUT2D eigenvalue weighted by molar-refractivity contribution is -0.136. The van der Waals surface area contributed by atoms with E-state index >= 15 is 0 Å². The van der Waals surface area contributed by atoms with Crippen LogP contribution in [0.25, 0.3) is 0 Å². The third-order valence-electron chi connectivity index (χ3n) is 4.95. The molecule has 0 fully saturated rings. The Balaban J connectivity index is 2.01. The van der Waals surface area contributed by atoms with Crippen LogP contribution in [0.3, 0.4) is 0 Å². The van der Waals surface area contributed by atoms with Crippen molar-refractivity contribution in [1.29, 1.82) is 5.26 Å². The van der Waals surface area contributed by atoms with E-state index in [4.69, 9.17) is 17.3 Å². The number of hydrogen-bond acceptors (Lipinski definition) is 5. The fraction of sp³-hybridized carbons (Fsp3) is 0.0952. The zero-order valence-corrected chi connectivity index (χ0v) is 15.6. The van der Waals surface area contributed by atoms with Crippen LogP contribution >= 0.6 is 11.6 Å². The van der Waals surface area contributed by atoms with Gasteiger partial charge in [-0.2, -0.15) is 5.26 Å². The topological polar surface area (TPSA) is 90.4 Å². The Labute approximate surface area is 166 Å². The number of halogens is 1. The lowest BCUT2D eigenvalue weighted by Crippen LogP contribution is -2.37. The van der Waals surface area contributed by atoms with Crippen molar-refractivity contribution >= 4 is 29.1 Å². The van der Waals surface area contributed by atoms with Crippen molar-refractivity contribution in [3.8, 4) is 6.07 Å². The lowest BCUT2D eigenvalue weighted by Gasteiger charge is -2.33. The fourth-order valence-electron chi connectivity index (χ4n) is 3.61. The summed E-state index contributed by atoms with van der Waals surface area (Å²) in [6.45, 7) is 0. The smallest absolute Gasteiger partial charge is 0.278 e. The first kappa shape index (κ1) is 17.8. The second kappa shape index (κ2) is 6.55. The highest BCUT2D eigenvalue weighted by atomic mass is 35.5. The maximum Gasteiger partial charge on any atom is 0.278 e. The molecule has 0 radical (unpaired) electrons. The number of allylic oxidation sites excluding steroid dienone is 1. The van der Waals surface area contributed by atoms with Gasteiger partial charge in [0.2, 0.25) is 0 Å². The van der Waals surface area contributed by atoms with Gasteiger partial charge in [-0.3, -0.25) is 19.4 Å². The highest BCUT2D eigenvalue weighted by Crippen LogP contribution is 2.45. The predicted molar refractivity (Wildman–Crippen MR) is 105 cm³/mol. The summed E-state index contributed by atoms with van der Waals surface area (Å²) in [7, 11) is 1.42. The van der Waals surface area contributed by atoms with E-state index in [-0.39, 0.29) is 22.7 Å². The Morgan fingerprint density at radius 2 is 1.68 bits per heavy atom. The van der Waals surface area contributed by atoms with Gasteiger partial charge in [0.1, 0.15) is 11.5 Å². The summed E-state index contributed by atoms with van der Waals surface area (Å²) < 4.78 is 0. The van der Waals surface area contributed by atoms with E-state index < -0.39 is 17.7 Å². The molecule has 2 heterocycles. The molecule has 0 saturated carbocycles. The van der Waals surface area contributed by atoms with Crippen LogP contribution in [0.15, 0.2) is 77.3 Å². The molecule has 0 aliphatic carbocycles. The van der Waals surface area contributed by atoms with Crippen LogP contribution in [0, 0.1) is 11.3 Å². The maximum absolute atomic E-state index is 13.0. The number of likely N-dealkylation sites (N-methyl/N-ethyl adjacent to an activating group) is 1. The molecule has 1 unspecified atom stereocenters. The molecule has 2 aliphatic heterocycles. The van der Waals surface area contributed by atoms with Crippen LogP contribution in [-0.2, 0) is 9.59 Å². The zero-order valence-electron chi connectivity index (χ0n) is 14.9. The second-order valence-corrected chi connectivity index (χ2v) is 6.93. The number of amides is 2. The van der Waals surface area contributed by atoms with Crippen molar-refractivity contribution in [1.82, 2.24) is 4.90 Å². The lowest BCUT2D eigenvalue weighted by atomic mass is 9.81. The van der Waals surface area contributed by atoms with Crippen LogP contribution in [0.2, 0.25) is 5.02 Å². The van der Waals surface area contributed by atoms with Crippen molar-refractivity contribution in [2.24, 2.45) is 5.73 Å². The van der Waals surface area contributed by atoms with Gasteiger partial charge in [-0.25, -0.2) is 0 Å². The molecule has 0 aromatic heterocycles. The first-order valence-electron chi connectivity index (χ1n) is 8.52. The molecule has 28 heavy (non-hydrogen) atoms. The van der Waals surface area contributed by atoms with Crippen molar-refractivity contribution in [3.05, 3.63) is 87.8 Å². The Morgan fingerprint density at radius 3 is 2.29 bits per heavy atom. The van der Waals surface area contributed by atoms with Crippen LogP contribution in [0.1, 0.15) is 11.5 Å². The van der Waals surface area contributed by atoms with E-state index in [1.54, 1.807) is 48.5 Å². The van der Waals surface area contributed by atoms with Crippen molar-refractivity contribution in [2.75, 3.05) is 11.9 Å². The third-order valence-corrected chi connectivity index (χ3v) is 5.21. The monoisotopic (exact) mass is 390 g/mol. The number of nitrogens with zero attached hydrogens (tertiary/aromatic N) is 3. The minimum absolute atomic E-state index is 0.129. The molecule has 7 heteroatoms. The molecule has 0 spiro atoms. The SMILES string of the molecule is CN1C(=O)C2=C(C1=O)N(c1ccccc1)C(N)=C(C#N)C2c1ccc(Cl)cc1. The number of anilines is 1. The number of hydrogen-bond donors (Lipinski definition) is 1. The molecule has 0 bridgehead atoms. The zero-order chi connectivity index (χ0) is 20.0. The highest BCUT2D eigenvalue weighted by molar-refractivity contribution is 6.30. The quantitative estimate of drug-likeness (QED) is 0.796. The van der Waals surface area contributed by atoms with E-state index in [2.05, 4.69) is 6.07 Å². The van der Waals surface area contributed by atoms with Crippen molar-refractivity contribution < 1.29 is 9.59 Å². The van der Waals surface area contributed by atoms with Crippen molar-refractivity contribution in [3.63, 3.8) is 0 Å². The predicted octanol–water partition coefficient (Wildman–Crippen LogP) is 2.89. The van der Waals surface area contributed by atoms with Crippen molar-refractivity contribution in [2.45, 2.75) is 5.92 Å². The minimum atomic E-state index is -0.737. The van der Waals surface area contributed by atoms with Crippen LogP contribution in [0.5, 0.6) is 0 Å². The molecule has 2 aliphatic rings. The van der Waals surface area contributed by atoms with Crippen LogP contribution in [-0.4, -0.2) is 23.8 Å². The molecule has 2 amide bonds. The van der Waals surface area contributed by atoms with E-state index in [1.807, 2.05) is 6.07 Å². The Bertz CT molecular complexity index is 1100.